The average Bonchev–Trinajstić information content (AvgIpc) is 3.04. The fraction of sp³-hybridized carbons (Fsp3) is 0.421. The van der Waals surface area contributed by atoms with Crippen molar-refractivity contribution < 1.29 is 9.18 Å². The Bertz CT molecular complexity index is 782. The molecule has 1 aliphatic rings. The van der Waals surface area contributed by atoms with Crippen LogP contribution < -0.4 is 5.32 Å². The molecule has 7 heteroatoms. The lowest BCUT2D eigenvalue weighted by Crippen LogP contribution is -2.32. The van der Waals surface area contributed by atoms with Crippen LogP contribution in [0.25, 0.3) is 0 Å². The molecule has 2 heterocycles. The summed E-state index contributed by atoms with van der Waals surface area (Å²) in [6.07, 6.45) is 3.55. The number of benzene rings is 1. The van der Waals surface area contributed by atoms with E-state index in [1.54, 1.807) is 24.3 Å². The van der Waals surface area contributed by atoms with Crippen molar-refractivity contribution in [2.24, 2.45) is 0 Å². The summed E-state index contributed by atoms with van der Waals surface area (Å²) in [6, 6.07) is 6.72. The van der Waals surface area contributed by atoms with Crippen molar-refractivity contribution in [1.29, 1.82) is 0 Å². The van der Waals surface area contributed by atoms with E-state index < -0.39 is 0 Å². The van der Waals surface area contributed by atoms with Crippen LogP contribution in [0.3, 0.4) is 0 Å². The highest BCUT2D eigenvalue weighted by atomic mass is 19.1. The van der Waals surface area contributed by atoms with Gasteiger partial charge < -0.3 is 10.2 Å². The molecule has 0 aliphatic carbocycles. The maximum atomic E-state index is 14.0. The number of piperidine rings is 1. The Hall–Kier alpha value is -2.54. The van der Waals surface area contributed by atoms with Gasteiger partial charge in [0, 0.05) is 18.7 Å². The molecular formula is C19H24FN5O. The van der Waals surface area contributed by atoms with Crippen molar-refractivity contribution in [3.8, 4) is 0 Å². The molecule has 1 aromatic carbocycles. The van der Waals surface area contributed by atoms with Crippen LogP contribution in [-0.4, -0.2) is 45.4 Å². The Morgan fingerprint density at radius 2 is 2.15 bits per heavy atom. The van der Waals surface area contributed by atoms with Gasteiger partial charge in [0.1, 0.15) is 5.82 Å². The summed E-state index contributed by atoms with van der Waals surface area (Å²) in [7, 11) is 0. The predicted octanol–water partition coefficient (Wildman–Crippen LogP) is 2.48. The predicted molar refractivity (Wildman–Crippen MR) is 97.2 cm³/mol. The van der Waals surface area contributed by atoms with Gasteiger partial charge in [-0.05, 0) is 38.9 Å². The zero-order valence-corrected chi connectivity index (χ0v) is 15.0. The average molecular weight is 357 g/mol. The monoisotopic (exact) mass is 357 g/mol. The SMILES string of the molecule is C=CCN(Cc1ccccc1F)C(=O)c1nnn(C2CCNCC2)c1C. The van der Waals surface area contributed by atoms with Crippen molar-refractivity contribution in [2.45, 2.75) is 32.4 Å². The van der Waals surface area contributed by atoms with E-state index in [0.717, 1.165) is 31.6 Å². The molecule has 0 radical (unpaired) electrons. The van der Waals surface area contributed by atoms with Gasteiger partial charge >= 0.3 is 0 Å². The smallest absolute Gasteiger partial charge is 0.276 e. The second kappa shape index (κ2) is 8.23. The second-order valence-electron chi connectivity index (χ2n) is 6.51. The maximum Gasteiger partial charge on any atom is 0.276 e. The molecule has 26 heavy (non-hydrogen) atoms. The zero-order valence-electron chi connectivity index (χ0n) is 15.0. The number of carbonyl (C=O) groups excluding carboxylic acids is 1. The summed E-state index contributed by atoms with van der Waals surface area (Å²) in [5.74, 6) is -0.588. The first kappa shape index (κ1) is 18.3. The molecule has 0 atom stereocenters. The number of amides is 1. The van der Waals surface area contributed by atoms with Crippen LogP contribution in [0, 0.1) is 12.7 Å². The van der Waals surface area contributed by atoms with E-state index in [1.165, 1.54) is 11.0 Å². The summed E-state index contributed by atoms with van der Waals surface area (Å²) in [4.78, 5) is 14.5. The number of aromatic nitrogens is 3. The summed E-state index contributed by atoms with van der Waals surface area (Å²) >= 11 is 0. The molecular weight excluding hydrogens is 333 g/mol. The quantitative estimate of drug-likeness (QED) is 0.807. The molecule has 1 aliphatic heterocycles. The number of hydrogen-bond donors (Lipinski definition) is 1. The number of halogens is 1. The molecule has 0 bridgehead atoms. The molecule has 1 fully saturated rings. The number of carbonyl (C=O) groups is 1. The Balaban J connectivity index is 1.82. The minimum Gasteiger partial charge on any atom is -0.329 e. The lowest BCUT2D eigenvalue weighted by atomic mass is 10.1. The third-order valence-corrected chi connectivity index (χ3v) is 4.74. The Labute approximate surface area is 152 Å². The minimum absolute atomic E-state index is 0.164. The van der Waals surface area contributed by atoms with E-state index in [9.17, 15) is 9.18 Å². The van der Waals surface area contributed by atoms with Crippen LogP contribution in [0.2, 0.25) is 0 Å². The van der Waals surface area contributed by atoms with E-state index in [4.69, 9.17) is 0 Å². The fourth-order valence-electron chi connectivity index (χ4n) is 3.29. The van der Waals surface area contributed by atoms with Crippen molar-refractivity contribution in [1.82, 2.24) is 25.2 Å². The summed E-state index contributed by atoms with van der Waals surface area (Å²) < 4.78 is 15.8. The van der Waals surface area contributed by atoms with Crippen LogP contribution in [0.5, 0.6) is 0 Å². The summed E-state index contributed by atoms with van der Waals surface area (Å²) in [5.41, 5.74) is 1.54. The van der Waals surface area contributed by atoms with Gasteiger partial charge in [-0.15, -0.1) is 11.7 Å². The molecule has 1 saturated heterocycles. The van der Waals surface area contributed by atoms with E-state index in [0.29, 0.717) is 17.8 Å². The first-order valence-corrected chi connectivity index (χ1v) is 8.88. The Morgan fingerprint density at radius 1 is 1.42 bits per heavy atom. The van der Waals surface area contributed by atoms with Gasteiger partial charge in [0.25, 0.3) is 5.91 Å². The Morgan fingerprint density at radius 3 is 2.85 bits per heavy atom. The molecule has 0 saturated carbocycles. The van der Waals surface area contributed by atoms with E-state index in [2.05, 4.69) is 22.2 Å². The van der Waals surface area contributed by atoms with E-state index in [1.807, 2.05) is 11.6 Å². The molecule has 138 valence electrons. The molecule has 1 amide bonds. The summed E-state index contributed by atoms with van der Waals surface area (Å²) in [6.45, 7) is 7.91. The first-order valence-electron chi connectivity index (χ1n) is 8.88. The highest BCUT2D eigenvalue weighted by molar-refractivity contribution is 5.93. The highest BCUT2D eigenvalue weighted by Gasteiger charge is 2.26. The van der Waals surface area contributed by atoms with Crippen LogP contribution in [0.4, 0.5) is 4.39 Å². The van der Waals surface area contributed by atoms with E-state index in [-0.39, 0.29) is 24.3 Å². The molecule has 1 N–H and O–H groups in total. The third kappa shape index (κ3) is 3.83. The van der Waals surface area contributed by atoms with Crippen molar-refractivity contribution >= 4 is 5.91 Å². The zero-order chi connectivity index (χ0) is 18.5. The van der Waals surface area contributed by atoms with Gasteiger partial charge in [0.05, 0.1) is 11.7 Å². The molecule has 0 spiro atoms. The topological polar surface area (TPSA) is 63.1 Å². The van der Waals surface area contributed by atoms with Crippen LogP contribution in [-0.2, 0) is 6.54 Å². The van der Waals surface area contributed by atoms with Gasteiger partial charge in [-0.1, -0.05) is 29.5 Å². The number of nitrogens with zero attached hydrogens (tertiary/aromatic N) is 4. The maximum absolute atomic E-state index is 14.0. The minimum atomic E-state index is -0.329. The van der Waals surface area contributed by atoms with Crippen molar-refractivity contribution in [3.05, 3.63) is 59.7 Å². The number of rotatable bonds is 6. The standard InChI is InChI=1S/C19H24FN5O/c1-3-12-24(13-15-6-4-5-7-17(15)20)19(26)18-14(2)25(23-22-18)16-8-10-21-11-9-16/h3-7,16,21H,1,8-13H2,2H3. The van der Waals surface area contributed by atoms with Crippen LogP contribution in [0.1, 0.15) is 40.6 Å². The fourth-order valence-corrected chi connectivity index (χ4v) is 3.29. The van der Waals surface area contributed by atoms with Gasteiger partial charge in [0.2, 0.25) is 0 Å². The summed E-state index contributed by atoms with van der Waals surface area (Å²) in [5, 5.41) is 11.7. The number of nitrogens with one attached hydrogen (secondary N) is 1. The molecule has 6 nitrogen and oxygen atoms in total. The Kier molecular flexibility index (Phi) is 5.78. The highest BCUT2D eigenvalue weighted by Crippen LogP contribution is 2.21. The largest absolute Gasteiger partial charge is 0.329 e. The third-order valence-electron chi connectivity index (χ3n) is 4.74. The van der Waals surface area contributed by atoms with Crippen molar-refractivity contribution in [3.63, 3.8) is 0 Å². The molecule has 3 rings (SSSR count). The molecule has 1 aromatic heterocycles. The van der Waals surface area contributed by atoms with Gasteiger partial charge in [-0.25, -0.2) is 9.07 Å². The lowest BCUT2D eigenvalue weighted by molar-refractivity contribution is 0.0754. The van der Waals surface area contributed by atoms with Crippen LogP contribution >= 0.6 is 0 Å². The van der Waals surface area contributed by atoms with Crippen LogP contribution in [0.15, 0.2) is 36.9 Å². The van der Waals surface area contributed by atoms with Gasteiger partial charge in [-0.3, -0.25) is 4.79 Å². The van der Waals surface area contributed by atoms with E-state index >= 15 is 0 Å². The molecule has 2 aromatic rings. The van der Waals surface area contributed by atoms with Gasteiger partial charge in [-0.2, -0.15) is 0 Å². The van der Waals surface area contributed by atoms with Gasteiger partial charge in [0.15, 0.2) is 5.69 Å². The molecule has 0 unspecified atom stereocenters. The lowest BCUT2D eigenvalue weighted by Gasteiger charge is -2.24. The normalized spacial score (nSPS) is 15.0. The van der Waals surface area contributed by atoms with Crippen molar-refractivity contribution in [2.75, 3.05) is 19.6 Å². The first-order chi connectivity index (χ1) is 12.6. The number of hydrogen-bond acceptors (Lipinski definition) is 4. The second-order valence-corrected chi connectivity index (χ2v) is 6.51.